The second-order valence-corrected chi connectivity index (χ2v) is 6.29. The van der Waals surface area contributed by atoms with Crippen molar-refractivity contribution in [3.8, 4) is 0 Å². The lowest BCUT2D eigenvalue weighted by molar-refractivity contribution is 0.873. The number of hydrogen-bond acceptors (Lipinski definition) is 2. The van der Waals surface area contributed by atoms with Crippen molar-refractivity contribution >= 4 is 58.0 Å². The molecule has 0 unspecified atom stereocenters. The fourth-order valence-electron chi connectivity index (χ4n) is 1.87. The summed E-state index contributed by atoms with van der Waals surface area (Å²) in [5, 5.41) is 8.21. The number of rotatable bonds is 4. The van der Waals surface area contributed by atoms with Crippen molar-refractivity contribution in [2.75, 3.05) is 11.9 Å². The van der Waals surface area contributed by atoms with Gasteiger partial charge in [-0.1, -0.05) is 40.9 Å². The lowest BCUT2D eigenvalue weighted by atomic mass is 10.1. The standard InChI is InChI=1S/C15H14Cl3N3S/c1-9-3-2-5-19-14(9)21-15(22)20-6-4-10-7-11(16)8-12(17)13(10)18/h2-3,5,7-8H,4,6H2,1H3,(H2,19,20,21,22). The highest BCUT2D eigenvalue weighted by Gasteiger charge is 2.07. The van der Waals surface area contributed by atoms with E-state index in [1.165, 1.54) is 0 Å². The maximum atomic E-state index is 6.15. The molecule has 0 amide bonds. The molecule has 22 heavy (non-hydrogen) atoms. The van der Waals surface area contributed by atoms with Crippen LogP contribution < -0.4 is 10.6 Å². The van der Waals surface area contributed by atoms with Crippen LogP contribution in [0.5, 0.6) is 0 Å². The summed E-state index contributed by atoms with van der Waals surface area (Å²) in [6, 6.07) is 7.27. The average Bonchev–Trinajstić information content (AvgIpc) is 2.46. The molecule has 1 aromatic heterocycles. The van der Waals surface area contributed by atoms with Crippen molar-refractivity contribution in [1.82, 2.24) is 10.3 Å². The summed E-state index contributed by atoms with van der Waals surface area (Å²) >= 11 is 23.4. The van der Waals surface area contributed by atoms with Crippen LogP contribution in [0.25, 0.3) is 0 Å². The van der Waals surface area contributed by atoms with E-state index in [4.69, 9.17) is 47.0 Å². The molecule has 2 N–H and O–H groups in total. The van der Waals surface area contributed by atoms with Crippen molar-refractivity contribution in [2.24, 2.45) is 0 Å². The van der Waals surface area contributed by atoms with Crippen LogP contribution in [0.3, 0.4) is 0 Å². The zero-order valence-corrected chi connectivity index (χ0v) is 14.9. The fourth-order valence-corrected chi connectivity index (χ4v) is 2.81. The van der Waals surface area contributed by atoms with Gasteiger partial charge in [-0.2, -0.15) is 0 Å². The SMILES string of the molecule is Cc1cccnc1NC(=S)NCCc1cc(Cl)cc(Cl)c1Cl. The Morgan fingerprint density at radius 2 is 2.05 bits per heavy atom. The minimum Gasteiger partial charge on any atom is -0.362 e. The van der Waals surface area contributed by atoms with Crippen LogP contribution in [-0.2, 0) is 6.42 Å². The van der Waals surface area contributed by atoms with Crippen LogP contribution in [0.15, 0.2) is 30.5 Å². The van der Waals surface area contributed by atoms with Crippen LogP contribution in [-0.4, -0.2) is 16.6 Å². The number of halogens is 3. The Bertz CT molecular complexity index is 692. The summed E-state index contributed by atoms with van der Waals surface area (Å²) in [5.41, 5.74) is 1.90. The largest absolute Gasteiger partial charge is 0.362 e. The Morgan fingerprint density at radius 1 is 1.27 bits per heavy atom. The van der Waals surface area contributed by atoms with Crippen LogP contribution in [0.1, 0.15) is 11.1 Å². The summed E-state index contributed by atoms with van der Waals surface area (Å²) in [6.07, 6.45) is 2.37. The van der Waals surface area contributed by atoms with E-state index in [2.05, 4.69) is 15.6 Å². The van der Waals surface area contributed by atoms with Gasteiger partial charge in [-0.25, -0.2) is 4.98 Å². The van der Waals surface area contributed by atoms with Crippen LogP contribution in [0.2, 0.25) is 15.1 Å². The van der Waals surface area contributed by atoms with Gasteiger partial charge in [0, 0.05) is 17.8 Å². The number of aromatic nitrogens is 1. The fraction of sp³-hybridized carbons (Fsp3) is 0.200. The van der Waals surface area contributed by atoms with Gasteiger partial charge in [0.25, 0.3) is 0 Å². The highest BCUT2D eigenvalue weighted by atomic mass is 35.5. The van der Waals surface area contributed by atoms with Crippen molar-refractivity contribution in [2.45, 2.75) is 13.3 Å². The van der Waals surface area contributed by atoms with Gasteiger partial charge in [0.1, 0.15) is 5.82 Å². The van der Waals surface area contributed by atoms with E-state index in [9.17, 15) is 0 Å². The van der Waals surface area contributed by atoms with Gasteiger partial charge in [-0.3, -0.25) is 0 Å². The Kier molecular flexibility index (Phi) is 6.26. The van der Waals surface area contributed by atoms with Crippen molar-refractivity contribution in [1.29, 1.82) is 0 Å². The third kappa shape index (κ3) is 4.71. The number of nitrogens with one attached hydrogen (secondary N) is 2. The van der Waals surface area contributed by atoms with Crippen molar-refractivity contribution in [3.63, 3.8) is 0 Å². The normalized spacial score (nSPS) is 10.4. The average molecular weight is 375 g/mol. The summed E-state index contributed by atoms with van der Waals surface area (Å²) in [6.45, 7) is 2.57. The number of benzene rings is 1. The second kappa shape index (κ2) is 7.97. The quantitative estimate of drug-likeness (QED) is 0.591. The smallest absolute Gasteiger partial charge is 0.171 e. The minimum atomic E-state index is 0.453. The number of aryl methyl sites for hydroxylation is 1. The van der Waals surface area contributed by atoms with E-state index < -0.39 is 0 Å². The Labute approximate surface area is 150 Å². The van der Waals surface area contributed by atoms with E-state index in [-0.39, 0.29) is 0 Å². The molecule has 0 atom stereocenters. The minimum absolute atomic E-state index is 0.453. The molecule has 2 rings (SSSR count). The first-order valence-corrected chi connectivity index (χ1v) is 8.11. The number of pyridine rings is 1. The zero-order valence-electron chi connectivity index (χ0n) is 11.8. The topological polar surface area (TPSA) is 37.0 Å². The molecule has 116 valence electrons. The molecule has 3 nitrogen and oxygen atoms in total. The first-order chi connectivity index (χ1) is 10.5. The van der Waals surface area contributed by atoms with Crippen LogP contribution in [0, 0.1) is 6.92 Å². The predicted molar refractivity (Wildman–Crippen MR) is 98.4 cm³/mol. The molecule has 7 heteroatoms. The molecule has 0 saturated heterocycles. The van der Waals surface area contributed by atoms with Gasteiger partial charge in [-0.15, -0.1) is 0 Å². The molecule has 0 aliphatic carbocycles. The van der Waals surface area contributed by atoms with E-state index in [0.29, 0.717) is 33.1 Å². The number of nitrogens with zero attached hydrogens (tertiary/aromatic N) is 1. The van der Waals surface area contributed by atoms with Gasteiger partial charge in [-0.05, 0) is 54.9 Å². The highest BCUT2D eigenvalue weighted by molar-refractivity contribution is 7.80. The molecule has 1 heterocycles. The molecule has 0 aliphatic heterocycles. The summed E-state index contributed by atoms with van der Waals surface area (Å²) in [7, 11) is 0. The maximum absolute atomic E-state index is 6.15. The number of thiocarbonyl (C=S) groups is 1. The van der Waals surface area contributed by atoms with E-state index in [1.54, 1.807) is 18.3 Å². The molecular formula is C15H14Cl3N3S. The summed E-state index contributed by atoms with van der Waals surface area (Å²) < 4.78 is 0. The van der Waals surface area contributed by atoms with Crippen LogP contribution >= 0.6 is 47.0 Å². The molecule has 0 aliphatic rings. The van der Waals surface area contributed by atoms with Crippen molar-refractivity contribution < 1.29 is 0 Å². The number of hydrogen-bond donors (Lipinski definition) is 2. The van der Waals surface area contributed by atoms with Crippen molar-refractivity contribution in [3.05, 3.63) is 56.7 Å². The molecule has 0 saturated carbocycles. The Morgan fingerprint density at radius 3 is 2.77 bits per heavy atom. The Balaban J connectivity index is 1.89. The first-order valence-electron chi connectivity index (χ1n) is 6.57. The van der Waals surface area contributed by atoms with Gasteiger partial charge in [0.2, 0.25) is 0 Å². The third-order valence-electron chi connectivity index (χ3n) is 2.99. The molecule has 0 radical (unpaired) electrons. The van der Waals surface area contributed by atoms with Crippen LogP contribution in [0.4, 0.5) is 5.82 Å². The van der Waals surface area contributed by atoms with E-state index in [0.717, 1.165) is 16.9 Å². The lowest BCUT2D eigenvalue weighted by Gasteiger charge is -2.12. The molecule has 0 bridgehead atoms. The monoisotopic (exact) mass is 373 g/mol. The van der Waals surface area contributed by atoms with E-state index in [1.807, 2.05) is 19.1 Å². The first kappa shape index (κ1) is 17.3. The maximum Gasteiger partial charge on any atom is 0.171 e. The molecule has 2 aromatic rings. The molecule has 0 spiro atoms. The summed E-state index contributed by atoms with van der Waals surface area (Å²) in [4.78, 5) is 4.23. The van der Waals surface area contributed by atoms with Gasteiger partial charge in [0.15, 0.2) is 5.11 Å². The third-order valence-corrected chi connectivity index (χ3v) is 4.30. The Hall–Kier alpha value is -1.07. The van der Waals surface area contributed by atoms with Gasteiger partial charge >= 0.3 is 0 Å². The predicted octanol–water partition coefficient (Wildman–Crippen LogP) is 4.88. The molecule has 0 fully saturated rings. The lowest BCUT2D eigenvalue weighted by Crippen LogP contribution is -2.30. The highest BCUT2D eigenvalue weighted by Crippen LogP contribution is 2.29. The molecular weight excluding hydrogens is 361 g/mol. The number of anilines is 1. The second-order valence-electron chi connectivity index (χ2n) is 4.66. The van der Waals surface area contributed by atoms with Gasteiger partial charge < -0.3 is 10.6 Å². The van der Waals surface area contributed by atoms with E-state index >= 15 is 0 Å². The zero-order chi connectivity index (χ0) is 16.1. The summed E-state index contributed by atoms with van der Waals surface area (Å²) in [5.74, 6) is 0.740. The molecule has 1 aromatic carbocycles. The van der Waals surface area contributed by atoms with Gasteiger partial charge in [0.05, 0.1) is 10.0 Å².